The Morgan fingerprint density at radius 1 is 1.10 bits per heavy atom. The minimum absolute atomic E-state index is 0.0973. The van der Waals surface area contributed by atoms with Crippen molar-refractivity contribution in [3.8, 4) is 0 Å². The average molecular weight is 420 g/mol. The minimum Gasteiger partial charge on any atom is -0.344 e. The average Bonchev–Trinajstić information content (AvgIpc) is 3.15. The fourth-order valence-electron chi connectivity index (χ4n) is 4.02. The van der Waals surface area contributed by atoms with Gasteiger partial charge >= 0.3 is 0 Å². The van der Waals surface area contributed by atoms with E-state index in [2.05, 4.69) is 21.6 Å². The number of hydrogen-bond acceptors (Lipinski definition) is 2. The number of allylic oxidation sites excluding steroid dienone is 1. The molecule has 0 unspecified atom stereocenters. The van der Waals surface area contributed by atoms with Crippen molar-refractivity contribution >= 4 is 29.2 Å². The number of benzene rings is 2. The largest absolute Gasteiger partial charge is 0.344 e. The standard InChI is InChI=1S/C25H26ClN3O/c1-17(19-10-4-2-5-11-19)27-25(30)24-23-20(15-18-9-8-13-21(26)16-18)12-6-3-7-14-22(23)28-29-24/h2,4-5,8-11,13,15-17H,3,6-7,12,14H2,1H3,(H,27,30)(H,28,29)/t17-/m0/s1. The van der Waals surface area contributed by atoms with Crippen LogP contribution in [0.1, 0.15) is 71.5 Å². The van der Waals surface area contributed by atoms with Crippen LogP contribution in [0.5, 0.6) is 0 Å². The molecular weight excluding hydrogens is 394 g/mol. The lowest BCUT2D eigenvalue weighted by Crippen LogP contribution is -2.27. The van der Waals surface area contributed by atoms with Crippen LogP contribution in [-0.2, 0) is 6.42 Å². The molecule has 1 heterocycles. The van der Waals surface area contributed by atoms with Crippen LogP contribution < -0.4 is 5.32 Å². The number of rotatable bonds is 4. The minimum atomic E-state index is -0.151. The molecule has 1 aromatic heterocycles. The van der Waals surface area contributed by atoms with Gasteiger partial charge in [-0.2, -0.15) is 5.10 Å². The van der Waals surface area contributed by atoms with Gasteiger partial charge in [0.1, 0.15) is 0 Å². The number of amides is 1. The summed E-state index contributed by atoms with van der Waals surface area (Å²) in [5.74, 6) is -0.151. The van der Waals surface area contributed by atoms with E-state index >= 15 is 0 Å². The maximum atomic E-state index is 13.2. The zero-order valence-corrected chi connectivity index (χ0v) is 17.9. The highest BCUT2D eigenvalue weighted by atomic mass is 35.5. The van der Waals surface area contributed by atoms with Crippen molar-refractivity contribution < 1.29 is 4.79 Å². The van der Waals surface area contributed by atoms with E-state index in [-0.39, 0.29) is 11.9 Å². The Balaban J connectivity index is 1.68. The normalized spacial score (nSPS) is 16.4. The topological polar surface area (TPSA) is 57.8 Å². The summed E-state index contributed by atoms with van der Waals surface area (Å²) in [6.45, 7) is 1.99. The molecule has 154 valence electrons. The third kappa shape index (κ3) is 4.65. The van der Waals surface area contributed by atoms with E-state index in [1.54, 1.807) is 0 Å². The first-order chi connectivity index (χ1) is 14.6. The van der Waals surface area contributed by atoms with Gasteiger partial charge in [0, 0.05) is 16.3 Å². The van der Waals surface area contributed by atoms with Crippen LogP contribution in [0.2, 0.25) is 5.02 Å². The molecule has 1 atom stereocenters. The molecule has 0 saturated heterocycles. The van der Waals surface area contributed by atoms with Crippen LogP contribution in [0.15, 0.2) is 54.6 Å². The first-order valence-corrected chi connectivity index (χ1v) is 10.9. The van der Waals surface area contributed by atoms with Gasteiger partial charge < -0.3 is 5.32 Å². The number of carbonyl (C=O) groups is 1. The van der Waals surface area contributed by atoms with Crippen molar-refractivity contribution in [2.75, 3.05) is 0 Å². The molecule has 1 aliphatic rings. The van der Waals surface area contributed by atoms with E-state index in [1.807, 2.05) is 61.5 Å². The van der Waals surface area contributed by atoms with Gasteiger partial charge in [0.25, 0.3) is 5.91 Å². The lowest BCUT2D eigenvalue weighted by Gasteiger charge is -2.17. The number of fused-ring (bicyclic) bond motifs is 1. The molecule has 0 aliphatic heterocycles. The summed E-state index contributed by atoms with van der Waals surface area (Å²) in [7, 11) is 0. The van der Waals surface area contributed by atoms with Gasteiger partial charge in [-0.25, -0.2) is 0 Å². The maximum Gasteiger partial charge on any atom is 0.272 e. The van der Waals surface area contributed by atoms with Crippen LogP contribution in [0.25, 0.3) is 11.6 Å². The molecule has 1 amide bonds. The van der Waals surface area contributed by atoms with Gasteiger partial charge in [0.05, 0.1) is 6.04 Å². The molecular formula is C25H26ClN3O. The van der Waals surface area contributed by atoms with E-state index in [0.717, 1.165) is 60.1 Å². The number of aromatic nitrogens is 2. The first kappa shape index (κ1) is 20.4. The molecule has 5 heteroatoms. The van der Waals surface area contributed by atoms with Crippen molar-refractivity contribution in [3.05, 3.63) is 87.7 Å². The Kier molecular flexibility index (Phi) is 6.34. The quantitative estimate of drug-likeness (QED) is 0.528. The Hall–Kier alpha value is -2.85. The summed E-state index contributed by atoms with van der Waals surface area (Å²) in [5, 5.41) is 11.4. The highest BCUT2D eigenvalue weighted by Gasteiger charge is 2.24. The van der Waals surface area contributed by atoms with Crippen LogP contribution in [0.3, 0.4) is 0 Å². The lowest BCUT2D eigenvalue weighted by molar-refractivity contribution is 0.0934. The van der Waals surface area contributed by atoms with Crippen LogP contribution >= 0.6 is 11.6 Å². The van der Waals surface area contributed by atoms with Crippen molar-refractivity contribution in [3.63, 3.8) is 0 Å². The fraction of sp³-hybridized carbons (Fsp3) is 0.280. The maximum absolute atomic E-state index is 13.2. The monoisotopic (exact) mass is 419 g/mol. The Labute approximate surface area is 182 Å². The lowest BCUT2D eigenvalue weighted by atomic mass is 9.90. The third-order valence-electron chi connectivity index (χ3n) is 5.59. The molecule has 4 nitrogen and oxygen atoms in total. The summed E-state index contributed by atoms with van der Waals surface area (Å²) in [5.41, 5.74) is 5.71. The van der Waals surface area contributed by atoms with Crippen LogP contribution in [0, 0.1) is 0 Å². The van der Waals surface area contributed by atoms with Gasteiger partial charge in [-0.05, 0) is 61.4 Å². The number of H-pyrrole nitrogens is 1. The molecule has 0 fully saturated rings. The fourth-order valence-corrected chi connectivity index (χ4v) is 4.22. The molecule has 0 bridgehead atoms. The third-order valence-corrected chi connectivity index (χ3v) is 5.82. The second-order valence-corrected chi connectivity index (χ2v) is 8.25. The van der Waals surface area contributed by atoms with Crippen molar-refractivity contribution in [1.29, 1.82) is 0 Å². The smallest absolute Gasteiger partial charge is 0.272 e. The summed E-state index contributed by atoms with van der Waals surface area (Å²) < 4.78 is 0. The zero-order chi connectivity index (χ0) is 20.9. The van der Waals surface area contributed by atoms with Crippen molar-refractivity contribution in [2.45, 2.75) is 45.1 Å². The summed E-state index contributed by atoms with van der Waals surface area (Å²) >= 11 is 6.19. The number of aromatic amines is 1. The molecule has 0 saturated carbocycles. The predicted octanol–water partition coefficient (Wildman–Crippen LogP) is 6.21. The molecule has 0 radical (unpaired) electrons. The first-order valence-electron chi connectivity index (χ1n) is 10.5. The van der Waals surface area contributed by atoms with Gasteiger partial charge in [-0.3, -0.25) is 9.89 Å². The number of nitrogens with one attached hydrogen (secondary N) is 2. The highest BCUT2D eigenvalue weighted by molar-refractivity contribution is 6.30. The number of carbonyl (C=O) groups excluding carboxylic acids is 1. The zero-order valence-electron chi connectivity index (χ0n) is 17.1. The molecule has 0 spiro atoms. The second kappa shape index (κ2) is 9.31. The Morgan fingerprint density at radius 2 is 1.90 bits per heavy atom. The predicted molar refractivity (Wildman–Crippen MR) is 122 cm³/mol. The van der Waals surface area contributed by atoms with Gasteiger partial charge in [0.15, 0.2) is 5.69 Å². The Morgan fingerprint density at radius 3 is 2.70 bits per heavy atom. The molecule has 1 aliphatic carbocycles. The SMILES string of the molecule is C[C@H](NC(=O)c1n[nH]c2c1C(=Cc1cccc(Cl)c1)CCCCC2)c1ccccc1. The van der Waals surface area contributed by atoms with Crippen molar-refractivity contribution in [2.24, 2.45) is 0 Å². The number of aryl methyl sites for hydroxylation is 1. The molecule has 2 N–H and O–H groups in total. The van der Waals surface area contributed by atoms with E-state index in [1.165, 1.54) is 0 Å². The van der Waals surface area contributed by atoms with Crippen LogP contribution in [-0.4, -0.2) is 16.1 Å². The molecule has 4 rings (SSSR count). The van der Waals surface area contributed by atoms with Gasteiger partial charge in [0.2, 0.25) is 0 Å². The molecule has 3 aromatic rings. The number of hydrogen-bond donors (Lipinski definition) is 2. The van der Waals surface area contributed by atoms with Crippen molar-refractivity contribution in [1.82, 2.24) is 15.5 Å². The summed E-state index contributed by atoms with van der Waals surface area (Å²) in [4.78, 5) is 13.2. The summed E-state index contributed by atoms with van der Waals surface area (Å²) in [6.07, 6.45) is 7.31. The van der Waals surface area contributed by atoms with E-state index in [0.29, 0.717) is 10.7 Å². The second-order valence-electron chi connectivity index (χ2n) is 7.82. The Bertz CT molecular complexity index is 1060. The molecule has 2 aromatic carbocycles. The molecule has 30 heavy (non-hydrogen) atoms. The van der Waals surface area contributed by atoms with Crippen LogP contribution in [0.4, 0.5) is 0 Å². The number of nitrogens with zero attached hydrogens (tertiary/aromatic N) is 1. The van der Waals surface area contributed by atoms with Gasteiger partial charge in [-0.15, -0.1) is 0 Å². The summed E-state index contributed by atoms with van der Waals surface area (Å²) in [6, 6.07) is 17.7. The van der Waals surface area contributed by atoms with E-state index < -0.39 is 0 Å². The van der Waals surface area contributed by atoms with E-state index in [9.17, 15) is 4.79 Å². The van der Waals surface area contributed by atoms with Gasteiger partial charge in [-0.1, -0.05) is 66.6 Å². The number of halogens is 1. The van der Waals surface area contributed by atoms with E-state index in [4.69, 9.17) is 11.6 Å². The highest BCUT2D eigenvalue weighted by Crippen LogP contribution is 2.32.